The van der Waals surface area contributed by atoms with Crippen molar-refractivity contribution in [2.75, 3.05) is 39.6 Å². The van der Waals surface area contributed by atoms with E-state index in [1.54, 1.807) is 6.08 Å². The largest absolute Gasteiger partial charge is 0.459 e. The monoisotopic (exact) mass is 1590 g/mol. The molecule has 0 saturated carbocycles. The first-order chi connectivity index (χ1) is 52.6. The van der Waals surface area contributed by atoms with Crippen LogP contribution in [0.4, 0.5) is 0 Å². The van der Waals surface area contributed by atoms with E-state index in [4.69, 9.17) is 52.1 Å². The van der Waals surface area contributed by atoms with Crippen molar-refractivity contribution < 1.29 is 153 Å². The van der Waals surface area contributed by atoms with Crippen molar-refractivity contribution in [3.63, 3.8) is 0 Å². The summed E-state index contributed by atoms with van der Waals surface area (Å²) in [5, 5.41) is 188. The van der Waals surface area contributed by atoms with Crippen molar-refractivity contribution in [3.05, 3.63) is 12.2 Å². The number of carbonyl (C=O) groups excluding carboxylic acids is 4. The van der Waals surface area contributed by atoms with Crippen molar-refractivity contribution in [2.24, 2.45) is 0 Å². The summed E-state index contributed by atoms with van der Waals surface area (Å²) in [5.41, 5.74) is 0. The van der Waals surface area contributed by atoms with Gasteiger partial charge in [-0.3, -0.25) is 14.4 Å². The maximum Gasteiger partial charge on any atom is 0.367 e. The van der Waals surface area contributed by atoms with Gasteiger partial charge < -0.3 is 150 Å². The summed E-state index contributed by atoms with van der Waals surface area (Å²) in [6, 6.07) is -4.73. The molecule has 642 valence electrons. The quantitative estimate of drug-likeness (QED) is 0.0213. The lowest BCUT2D eigenvalue weighted by atomic mass is 9.88. The molecule has 28 atom stereocenters. The van der Waals surface area contributed by atoms with Gasteiger partial charge in [-0.2, -0.15) is 0 Å². The Morgan fingerprint density at radius 2 is 0.936 bits per heavy atom. The number of allylic oxidation sites excluding steroid dienone is 1. The molecule has 5 aliphatic heterocycles. The molecule has 0 aromatic heterocycles. The Bertz CT molecular complexity index is 2570. The molecule has 110 heavy (non-hydrogen) atoms. The van der Waals surface area contributed by atoms with Crippen LogP contribution >= 0.6 is 0 Å². The summed E-state index contributed by atoms with van der Waals surface area (Å²) in [7, 11) is 0. The van der Waals surface area contributed by atoms with E-state index in [0.29, 0.717) is 12.8 Å². The van der Waals surface area contributed by atoms with Gasteiger partial charge in [0.15, 0.2) is 25.2 Å². The van der Waals surface area contributed by atoms with Crippen LogP contribution in [0.15, 0.2) is 12.2 Å². The van der Waals surface area contributed by atoms with Crippen molar-refractivity contribution >= 4 is 23.7 Å². The number of hydrogen-bond acceptors (Lipinski definition) is 31. The van der Waals surface area contributed by atoms with Gasteiger partial charge in [-0.1, -0.05) is 180 Å². The van der Waals surface area contributed by atoms with E-state index in [9.17, 15) is 101 Å². The molecule has 5 rings (SSSR count). The second kappa shape index (κ2) is 51.6. The normalized spacial score (nSPS) is 34.0. The maximum absolute atomic E-state index is 14.9. The number of unbranched alkanes of at least 4 members (excludes halogenated alkanes) is 25. The van der Waals surface area contributed by atoms with Gasteiger partial charge in [-0.25, -0.2) is 4.79 Å². The average Bonchev–Trinajstić information content (AvgIpc) is 0.744. The summed E-state index contributed by atoms with van der Waals surface area (Å²) >= 11 is 0. The van der Waals surface area contributed by atoms with E-state index >= 15 is 0 Å². The molecule has 5 fully saturated rings. The van der Waals surface area contributed by atoms with E-state index in [1.807, 2.05) is 6.08 Å². The van der Waals surface area contributed by atoms with Crippen LogP contribution in [0.5, 0.6) is 0 Å². The standard InChI is InChI=1S/C76H137N3O31/c1-7-9-11-13-15-17-19-21-22-24-26-28-30-32-34-36-55(90)79-47(48(87)35-33-31-29-27-25-23-20-18-16-14-12-10-8-2)43-100-72-64(97)62(95)66(53(41-83)104-72)106-74-65(98)70(110-76(75(99)101-44(3)4)37-49(88)56(77-45(5)85)69(109-76)58(91)50(89)38-80)67(54(42-84)105-74)107-71-57(78-46(6)86)68(60(93)52(40-82)102-71)108-73-63(96)61(94)59(92)51(39-81)103-73/h33,35,44,47-54,56-74,80-84,87-89,91-98H,7-32,34,36-43H2,1-6H3,(H,77,85)(H,78,86)(H,79,90)/b35-33+/t47-,48+,49+,50+,51+,52+,53+,54+,56-,57+,58+,59-,60-,61-,62+,63+,64+,65+,66+,67-,68+,69-,70+,71-,72+,73-,74-,76+/m0/s1. The molecule has 5 saturated heterocycles. The minimum absolute atomic E-state index is 0.140. The lowest BCUT2D eigenvalue weighted by molar-refractivity contribution is -0.404. The first kappa shape index (κ1) is 97.2. The molecular formula is C76H137N3O31. The number of ether oxygens (including phenoxy) is 11. The van der Waals surface area contributed by atoms with Gasteiger partial charge in [-0.05, 0) is 33.1 Å². The van der Waals surface area contributed by atoms with Crippen LogP contribution in [0.3, 0.4) is 0 Å². The molecule has 5 aliphatic rings. The van der Waals surface area contributed by atoms with Gasteiger partial charge >= 0.3 is 5.97 Å². The number of amides is 3. The topological polar surface area (TPSA) is 530 Å². The van der Waals surface area contributed by atoms with E-state index in [2.05, 4.69) is 29.8 Å². The first-order valence-corrected chi connectivity index (χ1v) is 40.5. The Morgan fingerprint density at radius 3 is 1.45 bits per heavy atom. The first-order valence-electron chi connectivity index (χ1n) is 40.5. The lowest BCUT2D eigenvalue weighted by Gasteiger charge is -2.53. The zero-order valence-corrected chi connectivity index (χ0v) is 65.3. The minimum Gasteiger partial charge on any atom is -0.459 e. The van der Waals surface area contributed by atoms with Gasteiger partial charge in [0.2, 0.25) is 17.7 Å². The van der Waals surface area contributed by atoms with Crippen molar-refractivity contribution in [1.29, 1.82) is 0 Å². The zero-order valence-electron chi connectivity index (χ0n) is 65.3. The SMILES string of the molecule is CCCCCCCCCCCCC/C=C/[C@@H](O)[C@H](CO[C@@H]1O[C@H](CO)[C@@H](O[C@@H]2O[C@H](CO)[C@H](O[C@@H]3O[C@H](CO)[C@H](O)[C@H](O[C@@H]4O[C@H](CO)[C@H](O)[C@H](O)[C@H]4O)[C@H]3NC(C)=O)[C@H](O[C@@]3(C(=O)OC(C)C)C[C@@H](O)[C@H](NC(C)=O)[C@@H]([C@H](O)[C@H](O)CO)O3)[C@H]2O)[C@H](O)[C@H]1O)NC(=O)CCCCCCCCCCCCCCCCC. The fourth-order valence-electron chi connectivity index (χ4n) is 14.6. The Kier molecular flexibility index (Phi) is 45.6. The van der Waals surface area contributed by atoms with Crippen LogP contribution in [0.1, 0.15) is 228 Å². The van der Waals surface area contributed by atoms with Gasteiger partial charge in [-0.15, -0.1) is 0 Å². The molecule has 0 aromatic carbocycles. The molecule has 0 radical (unpaired) electrons. The number of carbonyl (C=O) groups is 4. The molecule has 34 heteroatoms. The lowest BCUT2D eigenvalue weighted by Crippen LogP contribution is -2.72. The third kappa shape index (κ3) is 30.3. The van der Waals surface area contributed by atoms with Crippen LogP contribution in [0, 0.1) is 0 Å². The van der Waals surface area contributed by atoms with Gasteiger partial charge in [0.25, 0.3) is 5.79 Å². The molecule has 0 bridgehead atoms. The molecule has 3 amide bonds. The van der Waals surface area contributed by atoms with Crippen LogP contribution < -0.4 is 16.0 Å². The summed E-state index contributed by atoms with van der Waals surface area (Å²) in [6.45, 7) is 3.25. The fraction of sp³-hybridized carbons (Fsp3) is 0.921. The Labute approximate surface area is 647 Å². The molecule has 19 N–H and O–H groups in total. The molecule has 0 aromatic rings. The summed E-state index contributed by atoms with van der Waals surface area (Å²) in [6.07, 6.45) is -16.9. The third-order valence-electron chi connectivity index (χ3n) is 20.9. The van der Waals surface area contributed by atoms with Crippen LogP contribution in [0.25, 0.3) is 0 Å². The van der Waals surface area contributed by atoms with Gasteiger partial charge in [0.1, 0.15) is 116 Å². The molecule has 5 heterocycles. The second-order valence-electron chi connectivity index (χ2n) is 30.4. The second-order valence-corrected chi connectivity index (χ2v) is 30.4. The Hall–Kier alpha value is -3.42. The Morgan fingerprint density at radius 1 is 0.491 bits per heavy atom. The zero-order chi connectivity index (χ0) is 81.0. The number of hydrogen-bond donors (Lipinski definition) is 19. The minimum atomic E-state index is -3.17. The summed E-state index contributed by atoms with van der Waals surface area (Å²) < 4.78 is 66.9. The highest BCUT2D eigenvalue weighted by molar-refractivity contribution is 5.79. The molecule has 0 aliphatic carbocycles. The fourth-order valence-corrected chi connectivity index (χ4v) is 14.6. The Balaban J connectivity index is 1.44. The predicted octanol–water partition coefficient (Wildman–Crippen LogP) is -0.175. The maximum atomic E-state index is 14.9. The highest BCUT2D eigenvalue weighted by Crippen LogP contribution is 2.42. The molecular weight excluding hydrogens is 1450 g/mol. The van der Waals surface area contributed by atoms with E-state index in [-0.39, 0.29) is 12.3 Å². The third-order valence-corrected chi connectivity index (χ3v) is 20.9. The number of rotatable bonds is 53. The smallest absolute Gasteiger partial charge is 0.367 e. The van der Waals surface area contributed by atoms with Gasteiger partial charge in [0.05, 0.1) is 70.0 Å². The van der Waals surface area contributed by atoms with E-state index < -0.39 is 241 Å². The molecule has 0 spiro atoms. The van der Waals surface area contributed by atoms with E-state index in [1.165, 1.54) is 117 Å². The number of aliphatic hydroxyl groups is 16. The van der Waals surface area contributed by atoms with Crippen molar-refractivity contribution in [1.82, 2.24) is 16.0 Å². The van der Waals surface area contributed by atoms with Crippen molar-refractivity contribution in [2.45, 2.75) is 405 Å². The highest BCUT2D eigenvalue weighted by Gasteiger charge is 2.63. The summed E-state index contributed by atoms with van der Waals surface area (Å²) in [5.74, 6) is -6.81. The van der Waals surface area contributed by atoms with Crippen molar-refractivity contribution in [3.8, 4) is 0 Å². The van der Waals surface area contributed by atoms with E-state index in [0.717, 1.165) is 71.6 Å². The van der Waals surface area contributed by atoms with Gasteiger partial charge in [0, 0.05) is 26.7 Å². The molecule has 34 nitrogen and oxygen atoms in total. The number of aliphatic hydroxyl groups excluding tert-OH is 16. The average molecular weight is 1590 g/mol. The number of nitrogens with one attached hydrogen (secondary N) is 3. The van der Waals surface area contributed by atoms with Crippen LogP contribution in [-0.2, 0) is 71.3 Å². The number of esters is 1. The predicted molar refractivity (Wildman–Crippen MR) is 392 cm³/mol. The van der Waals surface area contributed by atoms with Crippen LogP contribution in [-0.4, -0.2) is 322 Å². The molecule has 0 unspecified atom stereocenters. The van der Waals surface area contributed by atoms with Crippen LogP contribution in [0.2, 0.25) is 0 Å². The summed E-state index contributed by atoms with van der Waals surface area (Å²) in [4.78, 5) is 54.3. The highest BCUT2D eigenvalue weighted by atomic mass is 16.8.